The van der Waals surface area contributed by atoms with Crippen LogP contribution in [0.25, 0.3) is 0 Å². The van der Waals surface area contributed by atoms with E-state index in [9.17, 15) is 9.59 Å². The Hall–Kier alpha value is -2.37. The fourth-order valence-electron chi connectivity index (χ4n) is 3.01. The van der Waals surface area contributed by atoms with Gasteiger partial charge in [-0.25, -0.2) is 4.79 Å². The lowest BCUT2D eigenvalue weighted by atomic mass is 10.1. The Morgan fingerprint density at radius 2 is 1.96 bits per heavy atom. The van der Waals surface area contributed by atoms with Gasteiger partial charge in [-0.15, -0.1) is 0 Å². The van der Waals surface area contributed by atoms with E-state index in [0.29, 0.717) is 37.6 Å². The first-order valence-electron chi connectivity index (χ1n) is 8.50. The zero-order chi connectivity index (χ0) is 18.5. The van der Waals surface area contributed by atoms with Gasteiger partial charge in [0.25, 0.3) is 0 Å². The minimum absolute atomic E-state index is 0.0719. The second-order valence-electron chi connectivity index (χ2n) is 6.26. The number of aromatic carboxylic acids is 1. The van der Waals surface area contributed by atoms with Gasteiger partial charge in [0.15, 0.2) is 0 Å². The number of carbonyl (C=O) groups is 2. The molecular weight excluding hydrogens is 354 g/mol. The summed E-state index contributed by atoms with van der Waals surface area (Å²) in [5, 5.41) is 9.57. The lowest BCUT2D eigenvalue weighted by Gasteiger charge is -2.33. The number of rotatable bonds is 5. The van der Waals surface area contributed by atoms with E-state index in [4.69, 9.17) is 21.4 Å². The summed E-state index contributed by atoms with van der Waals surface area (Å²) in [5.74, 6) is -0.879. The van der Waals surface area contributed by atoms with Crippen molar-refractivity contribution in [3.63, 3.8) is 0 Å². The van der Waals surface area contributed by atoms with E-state index in [1.54, 1.807) is 24.3 Å². The molecule has 136 valence electrons. The van der Waals surface area contributed by atoms with Gasteiger partial charge in [0, 0.05) is 18.0 Å². The molecule has 1 aliphatic rings. The molecule has 6 heteroatoms. The van der Waals surface area contributed by atoms with Gasteiger partial charge in [0.1, 0.15) is 6.10 Å². The fraction of sp³-hybridized carbons (Fsp3) is 0.300. The Kier molecular flexibility index (Phi) is 5.91. The predicted molar refractivity (Wildman–Crippen MR) is 98.4 cm³/mol. The molecule has 1 saturated heterocycles. The van der Waals surface area contributed by atoms with Crippen molar-refractivity contribution in [1.29, 1.82) is 0 Å². The summed E-state index contributed by atoms with van der Waals surface area (Å²) >= 11 is 6.04. The molecule has 2 aromatic rings. The number of amides is 1. The van der Waals surface area contributed by atoms with Crippen molar-refractivity contribution >= 4 is 23.5 Å². The fourth-order valence-corrected chi connectivity index (χ4v) is 3.21. The van der Waals surface area contributed by atoms with Crippen LogP contribution in [0, 0.1) is 0 Å². The predicted octanol–water partition coefficient (Wildman–Crippen LogP) is 3.57. The second kappa shape index (κ2) is 8.34. The summed E-state index contributed by atoms with van der Waals surface area (Å²) in [6.45, 7) is 1.58. The topological polar surface area (TPSA) is 66.8 Å². The summed E-state index contributed by atoms with van der Waals surface area (Å²) in [5.41, 5.74) is 2.17. The summed E-state index contributed by atoms with van der Waals surface area (Å²) in [4.78, 5) is 25.2. The van der Waals surface area contributed by atoms with E-state index < -0.39 is 5.97 Å². The summed E-state index contributed by atoms with van der Waals surface area (Å²) in [7, 11) is 0. The Bertz CT molecular complexity index is 791. The SMILES string of the molecule is O=C(O)c1ccc(CCC(=O)N2CCOC(c3cccc(Cl)c3)C2)cc1. The van der Waals surface area contributed by atoms with E-state index in [-0.39, 0.29) is 17.6 Å². The quantitative estimate of drug-likeness (QED) is 0.870. The highest BCUT2D eigenvalue weighted by Crippen LogP contribution is 2.25. The molecule has 1 fully saturated rings. The second-order valence-corrected chi connectivity index (χ2v) is 6.69. The number of benzene rings is 2. The first-order chi connectivity index (χ1) is 12.5. The number of hydrogen-bond donors (Lipinski definition) is 1. The summed E-state index contributed by atoms with van der Waals surface area (Å²) in [6.07, 6.45) is 0.799. The van der Waals surface area contributed by atoms with E-state index in [0.717, 1.165) is 11.1 Å². The Morgan fingerprint density at radius 3 is 2.65 bits per heavy atom. The van der Waals surface area contributed by atoms with Crippen LogP contribution in [0.15, 0.2) is 48.5 Å². The van der Waals surface area contributed by atoms with Crippen LogP contribution in [0.3, 0.4) is 0 Å². The van der Waals surface area contributed by atoms with Gasteiger partial charge in [-0.1, -0.05) is 35.9 Å². The molecule has 0 saturated carbocycles. The van der Waals surface area contributed by atoms with Crippen molar-refractivity contribution in [2.45, 2.75) is 18.9 Å². The number of carboxylic acid groups (broad SMARTS) is 1. The van der Waals surface area contributed by atoms with E-state index >= 15 is 0 Å². The number of carboxylic acids is 1. The van der Waals surface area contributed by atoms with Crippen molar-refractivity contribution in [1.82, 2.24) is 4.90 Å². The van der Waals surface area contributed by atoms with Crippen molar-refractivity contribution < 1.29 is 19.4 Å². The van der Waals surface area contributed by atoms with Crippen molar-refractivity contribution in [2.24, 2.45) is 0 Å². The molecule has 5 nitrogen and oxygen atoms in total. The monoisotopic (exact) mass is 373 g/mol. The van der Waals surface area contributed by atoms with Gasteiger partial charge < -0.3 is 14.7 Å². The normalized spacial score (nSPS) is 17.1. The number of ether oxygens (including phenoxy) is 1. The molecule has 0 bridgehead atoms. The maximum Gasteiger partial charge on any atom is 0.335 e. The van der Waals surface area contributed by atoms with Crippen LogP contribution in [0.5, 0.6) is 0 Å². The first-order valence-corrected chi connectivity index (χ1v) is 8.88. The van der Waals surface area contributed by atoms with E-state index in [1.807, 2.05) is 29.2 Å². The third-order valence-electron chi connectivity index (χ3n) is 4.47. The highest BCUT2D eigenvalue weighted by Gasteiger charge is 2.25. The zero-order valence-electron chi connectivity index (χ0n) is 14.2. The van der Waals surface area contributed by atoms with E-state index in [2.05, 4.69) is 0 Å². The van der Waals surface area contributed by atoms with Crippen molar-refractivity contribution in [3.05, 3.63) is 70.2 Å². The average molecular weight is 374 g/mol. The van der Waals surface area contributed by atoms with Crippen LogP contribution in [0.2, 0.25) is 5.02 Å². The minimum atomic E-state index is -0.951. The number of halogens is 1. The highest BCUT2D eigenvalue weighted by molar-refractivity contribution is 6.30. The highest BCUT2D eigenvalue weighted by atomic mass is 35.5. The number of nitrogens with zero attached hydrogens (tertiary/aromatic N) is 1. The molecule has 1 amide bonds. The molecule has 0 radical (unpaired) electrons. The lowest BCUT2D eigenvalue weighted by molar-refractivity contribution is -0.139. The van der Waals surface area contributed by atoms with Crippen LogP contribution >= 0.6 is 11.6 Å². The molecule has 0 spiro atoms. The Morgan fingerprint density at radius 1 is 1.19 bits per heavy atom. The Labute approximate surface area is 157 Å². The van der Waals surface area contributed by atoms with Crippen LogP contribution in [-0.4, -0.2) is 41.6 Å². The molecule has 3 rings (SSSR count). The third kappa shape index (κ3) is 4.62. The van der Waals surface area contributed by atoms with Gasteiger partial charge in [-0.3, -0.25) is 4.79 Å². The molecule has 26 heavy (non-hydrogen) atoms. The molecule has 1 atom stereocenters. The standard InChI is InChI=1S/C20H20ClNO4/c21-17-3-1-2-16(12-17)18-13-22(10-11-26-18)19(23)9-6-14-4-7-15(8-5-14)20(24)25/h1-5,7-8,12,18H,6,9-11,13H2,(H,24,25). The summed E-state index contributed by atoms with van der Waals surface area (Å²) < 4.78 is 5.79. The smallest absolute Gasteiger partial charge is 0.335 e. The third-order valence-corrected chi connectivity index (χ3v) is 4.70. The van der Waals surface area contributed by atoms with Gasteiger partial charge >= 0.3 is 5.97 Å². The van der Waals surface area contributed by atoms with Crippen molar-refractivity contribution in [3.8, 4) is 0 Å². The van der Waals surface area contributed by atoms with Crippen LogP contribution in [0.4, 0.5) is 0 Å². The first kappa shape index (κ1) is 18.4. The number of aryl methyl sites for hydroxylation is 1. The maximum absolute atomic E-state index is 12.5. The largest absolute Gasteiger partial charge is 0.478 e. The lowest BCUT2D eigenvalue weighted by Crippen LogP contribution is -2.42. The van der Waals surface area contributed by atoms with Gasteiger partial charge in [-0.05, 0) is 41.8 Å². The van der Waals surface area contributed by atoms with Gasteiger partial charge in [0.2, 0.25) is 5.91 Å². The molecule has 1 aliphatic heterocycles. The average Bonchev–Trinajstić information content (AvgIpc) is 2.66. The maximum atomic E-state index is 12.5. The molecule has 1 N–H and O–H groups in total. The molecule has 1 heterocycles. The summed E-state index contributed by atoms with van der Waals surface area (Å²) in [6, 6.07) is 14.1. The molecule has 0 aromatic heterocycles. The van der Waals surface area contributed by atoms with Crippen LogP contribution < -0.4 is 0 Å². The zero-order valence-corrected chi connectivity index (χ0v) is 15.0. The molecule has 1 unspecified atom stereocenters. The van der Waals surface area contributed by atoms with Gasteiger partial charge in [-0.2, -0.15) is 0 Å². The Balaban J connectivity index is 1.56. The van der Waals surface area contributed by atoms with Gasteiger partial charge in [0.05, 0.1) is 18.7 Å². The van der Waals surface area contributed by atoms with Crippen LogP contribution in [-0.2, 0) is 16.0 Å². The van der Waals surface area contributed by atoms with Crippen molar-refractivity contribution in [2.75, 3.05) is 19.7 Å². The number of carbonyl (C=O) groups excluding carboxylic acids is 1. The van der Waals surface area contributed by atoms with E-state index in [1.165, 1.54) is 0 Å². The molecule has 2 aromatic carbocycles. The molecule has 0 aliphatic carbocycles. The number of morpholine rings is 1. The molecular formula is C20H20ClNO4. The number of hydrogen-bond acceptors (Lipinski definition) is 3. The van der Waals surface area contributed by atoms with Crippen LogP contribution in [0.1, 0.15) is 34.0 Å². The minimum Gasteiger partial charge on any atom is -0.478 e.